The molecule has 1 nitrogen and oxygen atoms in total. The maximum atomic E-state index is 13.5. The van der Waals surface area contributed by atoms with Gasteiger partial charge in [0.05, 0.1) is 4.34 Å². The zero-order valence-corrected chi connectivity index (χ0v) is 12.0. The molecule has 0 radical (unpaired) electrons. The minimum atomic E-state index is -0.108. The Hall–Kier alpha value is -0.900. The summed E-state index contributed by atoms with van der Waals surface area (Å²) in [6.07, 6.45) is 0. The predicted molar refractivity (Wildman–Crippen MR) is 75.7 cm³/mol. The first-order valence-corrected chi connectivity index (χ1v) is 6.96. The van der Waals surface area contributed by atoms with Gasteiger partial charge in [0.1, 0.15) is 5.82 Å². The van der Waals surface area contributed by atoms with Gasteiger partial charge < -0.3 is 5.32 Å². The van der Waals surface area contributed by atoms with E-state index in [1.165, 1.54) is 4.88 Å². The molecule has 1 aromatic carbocycles. The van der Waals surface area contributed by atoms with Crippen LogP contribution in [0.4, 0.5) is 4.39 Å². The lowest BCUT2D eigenvalue weighted by Gasteiger charge is -2.07. The van der Waals surface area contributed by atoms with E-state index in [0.29, 0.717) is 11.1 Å². The Morgan fingerprint density at radius 3 is 2.39 bits per heavy atom. The number of benzene rings is 1. The Morgan fingerprint density at radius 1 is 1.17 bits per heavy atom. The van der Waals surface area contributed by atoms with Crippen molar-refractivity contribution < 1.29 is 4.39 Å². The lowest BCUT2D eigenvalue weighted by atomic mass is 10.1. The first kappa shape index (κ1) is 13.5. The smallest absolute Gasteiger partial charge is 0.129 e. The van der Waals surface area contributed by atoms with E-state index in [4.69, 9.17) is 11.6 Å². The van der Waals surface area contributed by atoms with Crippen LogP contribution in [-0.2, 0) is 13.1 Å². The zero-order chi connectivity index (χ0) is 13.1. The lowest BCUT2D eigenvalue weighted by molar-refractivity contribution is 0.606. The van der Waals surface area contributed by atoms with Crippen molar-refractivity contribution in [2.24, 2.45) is 0 Å². The molecule has 96 valence electrons. The largest absolute Gasteiger partial charge is 0.308 e. The van der Waals surface area contributed by atoms with Crippen molar-refractivity contribution in [1.82, 2.24) is 5.32 Å². The van der Waals surface area contributed by atoms with Gasteiger partial charge in [0.25, 0.3) is 0 Å². The molecule has 2 rings (SSSR count). The Bertz CT molecular complexity index is 527. The van der Waals surface area contributed by atoms with Gasteiger partial charge in [0, 0.05) is 18.0 Å². The average molecular weight is 284 g/mol. The molecule has 0 saturated carbocycles. The second-order valence-electron chi connectivity index (χ2n) is 4.35. The Labute approximate surface area is 116 Å². The molecule has 0 spiro atoms. The second-order valence-corrected chi connectivity index (χ2v) is 6.15. The summed E-state index contributed by atoms with van der Waals surface area (Å²) in [6.45, 7) is 5.11. The van der Waals surface area contributed by atoms with Gasteiger partial charge in [-0.1, -0.05) is 23.7 Å². The molecule has 18 heavy (non-hydrogen) atoms. The normalized spacial score (nSPS) is 10.9. The maximum absolute atomic E-state index is 13.5. The summed E-state index contributed by atoms with van der Waals surface area (Å²) in [4.78, 5) is 1.20. The van der Waals surface area contributed by atoms with Crippen LogP contribution in [0, 0.1) is 19.7 Å². The fourth-order valence-corrected chi connectivity index (χ4v) is 2.97. The molecule has 0 aliphatic carbocycles. The third kappa shape index (κ3) is 3.31. The van der Waals surface area contributed by atoms with Crippen molar-refractivity contribution in [2.45, 2.75) is 26.9 Å². The fraction of sp³-hybridized carbons (Fsp3) is 0.286. The Balaban J connectivity index is 1.94. The summed E-state index contributed by atoms with van der Waals surface area (Å²) in [7, 11) is 0. The highest BCUT2D eigenvalue weighted by molar-refractivity contribution is 7.16. The number of thiophene rings is 1. The Kier molecular flexibility index (Phi) is 4.38. The monoisotopic (exact) mass is 283 g/mol. The SMILES string of the molecule is Cc1cc(CNCc2ccc(Cl)s2)cc(C)c1F. The van der Waals surface area contributed by atoms with Crippen LogP contribution in [0.2, 0.25) is 4.34 Å². The van der Waals surface area contributed by atoms with Crippen molar-refractivity contribution in [3.8, 4) is 0 Å². The first-order chi connectivity index (χ1) is 8.56. The van der Waals surface area contributed by atoms with E-state index in [1.807, 2.05) is 24.3 Å². The van der Waals surface area contributed by atoms with Crippen molar-refractivity contribution in [2.75, 3.05) is 0 Å². The van der Waals surface area contributed by atoms with E-state index in [1.54, 1.807) is 25.2 Å². The van der Waals surface area contributed by atoms with Crippen LogP contribution in [0.15, 0.2) is 24.3 Å². The summed E-state index contributed by atoms with van der Waals surface area (Å²) < 4.78 is 14.3. The standard InChI is InChI=1S/C14H15ClFNS/c1-9-5-11(6-10(2)14(9)16)7-17-8-12-3-4-13(15)18-12/h3-6,17H,7-8H2,1-2H3. The predicted octanol–water partition coefficient (Wildman–Crippen LogP) is 4.45. The topological polar surface area (TPSA) is 12.0 Å². The molecule has 0 aliphatic heterocycles. The lowest BCUT2D eigenvalue weighted by Crippen LogP contribution is -2.12. The molecule has 4 heteroatoms. The number of aryl methyl sites for hydroxylation is 2. The van der Waals surface area contributed by atoms with Gasteiger partial charge in [-0.05, 0) is 42.7 Å². The van der Waals surface area contributed by atoms with Crippen LogP contribution in [0.1, 0.15) is 21.6 Å². The molecular weight excluding hydrogens is 269 g/mol. The highest BCUT2D eigenvalue weighted by Gasteiger charge is 2.04. The summed E-state index contributed by atoms with van der Waals surface area (Å²) >= 11 is 7.44. The van der Waals surface area contributed by atoms with Crippen LogP contribution in [-0.4, -0.2) is 0 Å². The van der Waals surface area contributed by atoms with Crippen LogP contribution in [0.25, 0.3) is 0 Å². The number of hydrogen-bond donors (Lipinski definition) is 1. The van der Waals surface area contributed by atoms with Crippen molar-refractivity contribution in [3.05, 3.63) is 56.0 Å². The van der Waals surface area contributed by atoms with E-state index in [-0.39, 0.29) is 5.82 Å². The maximum Gasteiger partial charge on any atom is 0.129 e. The summed E-state index contributed by atoms with van der Waals surface area (Å²) in [5.41, 5.74) is 2.51. The van der Waals surface area contributed by atoms with E-state index < -0.39 is 0 Å². The molecule has 0 amide bonds. The zero-order valence-electron chi connectivity index (χ0n) is 10.4. The number of nitrogens with one attached hydrogen (secondary N) is 1. The molecule has 2 aromatic rings. The van der Waals surface area contributed by atoms with Gasteiger partial charge in [-0.15, -0.1) is 11.3 Å². The molecule has 1 heterocycles. The second kappa shape index (κ2) is 5.83. The van der Waals surface area contributed by atoms with Gasteiger partial charge in [0.2, 0.25) is 0 Å². The van der Waals surface area contributed by atoms with Crippen LogP contribution in [0.3, 0.4) is 0 Å². The third-order valence-electron chi connectivity index (χ3n) is 2.75. The Morgan fingerprint density at radius 2 is 1.83 bits per heavy atom. The number of hydrogen-bond acceptors (Lipinski definition) is 2. The molecule has 0 aliphatic rings. The summed E-state index contributed by atoms with van der Waals surface area (Å²) in [6, 6.07) is 7.68. The highest BCUT2D eigenvalue weighted by atomic mass is 35.5. The van der Waals surface area contributed by atoms with Gasteiger partial charge in [-0.2, -0.15) is 0 Å². The van der Waals surface area contributed by atoms with Gasteiger partial charge in [0.15, 0.2) is 0 Å². The van der Waals surface area contributed by atoms with Gasteiger partial charge >= 0.3 is 0 Å². The fourth-order valence-electron chi connectivity index (χ4n) is 1.91. The van der Waals surface area contributed by atoms with E-state index in [9.17, 15) is 4.39 Å². The first-order valence-electron chi connectivity index (χ1n) is 5.77. The number of halogens is 2. The van der Waals surface area contributed by atoms with E-state index >= 15 is 0 Å². The molecule has 1 aromatic heterocycles. The summed E-state index contributed by atoms with van der Waals surface area (Å²) in [5.74, 6) is -0.108. The quantitative estimate of drug-likeness (QED) is 0.874. The van der Waals surface area contributed by atoms with Crippen molar-refractivity contribution in [1.29, 1.82) is 0 Å². The molecule has 0 fully saturated rings. The van der Waals surface area contributed by atoms with E-state index in [0.717, 1.165) is 23.0 Å². The summed E-state index contributed by atoms with van der Waals surface area (Å²) in [5, 5.41) is 3.33. The van der Waals surface area contributed by atoms with Crippen molar-refractivity contribution in [3.63, 3.8) is 0 Å². The average Bonchev–Trinajstić information content (AvgIpc) is 2.72. The molecule has 1 N–H and O–H groups in total. The minimum Gasteiger partial charge on any atom is -0.308 e. The van der Waals surface area contributed by atoms with E-state index in [2.05, 4.69) is 5.32 Å². The number of rotatable bonds is 4. The van der Waals surface area contributed by atoms with Gasteiger partial charge in [-0.3, -0.25) is 0 Å². The van der Waals surface area contributed by atoms with Crippen LogP contribution in [0.5, 0.6) is 0 Å². The highest BCUT2D eigenvalue weighted by Crippen LogP contribution is 2.21. The molecule has 0 bridgehead atoms. The van der Waals surface area contributed by atoms with Crippen LogP contribution < -0.4 is 5.32 Å². The molecule has 0 atom stereocenters. The van der Waals surface area contributed by atoms with Gasteiger partial charge in [-0.25, -0.2) is 4.39 Å². The van der Waals surface area contributed by atoms with Crippen molar-refractivity contribution >= 4 is 22.9 Å². The third-order valence-corrected chi connectivity index (χ3v) is 3.98. The minimum absolute atomic E-state index is 0.108. The molecule has 0 saturated heterocycles. The van der Waals surface area contributed by atoms with Crippen LogP contribution >= 0.6 is 22.9 Å². The molecule has 0 unspecified atom stereocenters. The molecular formula is C14H15ClFNS.